The Morgan fingerprint density at radius 1 is 1.00 bits per heavy atom. The first kappa shape index (κ1) is 13.9. The zero-order valence-electron chi connectivity index (χ0n) is 12.2. The van der Waals surface area contributed by atoms with Gasteiger partial charge >= 0.3 is 0 Å². The molecule has 0 atom stereocenters. The molecular weight excluding hydrogens is 276 g/mol. The lowest BCUT2D eigenvalue weighted by Crippen LogP contribution is -1.87. The van der Waals surface area contributed by atoms with E-state index in [4.69, 9.17) is 15.0 Å². The molecule has 0 amide bonds. The molecule has 1 heterocycles. The summed E-state index contributed by atoms with van der Waals surface area (Å²) in [6, 6.07) is 17.5. The summed E-state index contributed by atoms with van der Waals surface area (Å²) in [5.74, 6) is 2.21. The number of aryl methyl sites for hydroxylation is 1. The average molecular weight is 292 g/mol. The molecule has 0 unspecified atom stereocenters. The topological polar surface area (TPSA) is 61.3 Å². The number of hydrogen-bond acceptors (Lipinski definition) is 4. The lowest BCUT2D eigenvalue weighted by molar-refractivity contribution is 0.397. The summed E-state index contributed by atoms with van der Waals surface area (Å²) in [7, 11) is 0. The van der Waals surface area contributed by atoms with Crippen LogP contribution in [0, 0.1) is 6.92 Å². The number of nitrogen functional groups attached to an aromatic ring is 1. The van der Waals surface area contributed by atoms with E-state index in [1.165, 1.54) is 0 Å². The third kappa shape index (κ3) is 3.17. The highest BCUT2D eigenvalue weighted by Crippen LogP contribution is 2.23. The monoisotopic (exact) mass is 292 g/mol. The molecule has 1 aromatic heterocycles. The molecule has 0 spiro atoms. The van der Waals surface area contributed by atoms with E-state index in [1.54, 1.807) is 6.92 Å². The third-order valence-corrected chi connectivity index (χ3v) is 3.21. The summed E-state index contributed by atoms with van der Waals surface area (Å²) < 4.78 is 10.8. The number of hydrogen-bond donors (Lipinski definition) is 1. The van der Waals surface area contributed by atoms with Crippen LogP contribution < -0.4 is 10.5 Å². The van der Waals surface area contributed by atoms with Gasteiger partial charge in [0, 0.05) is 0 Å². The highest BCUT2D eigenvalue weighted by molar-refractivity contribution is 5.74. The molecule has 2 N–H and O–H groups in total. The first-order valence-electron chi connectivity index (χ1n) is 6.95. The van der Waals surface area contributed by atoms with Crippen molar-refractivity contribution < 1.29 is 9.26 Å². The molecule has 0 fully saturated rings. The number of anilines is 1. The van der Waals surface area contributed by atoms with Crippen molar-refractivity contribution >= 4 is 17.8 Å². The van der Waals surface area contributed by atoms with Gasteiger partial charge in [-0.15, -0.1) is 0 Å². The van der Waals surface area contributed by atoms with Gasteiger partial charge in [0.15, 0.2) is 5.76 Å². The zero-order valence-corrected chi connectivity index (χ0v) is 12.2. The average Bonchev–Trinajstić information content (AvgIpc) is 2.86. The second kappa shape index (κ2) is 6.18. The van der Waals surface area contributed by atoms with E-state index in [1.807, 2.05) is 66.7 Å². The molecule has 4 nitrogen and oxygen atoms in total. The number of nitrogens with zero attached hydrogens (tertiary/aromatic N) is 1. The van der Waals surface area contributed by atoms with Crippen LogP contribution in [0.4, 0.5) is 5.69 Å². The number of ether oxygens (including phenoxy) is 1. The van der Waals surface area contributed by atoms with E-state index >= 15 is 0 Å². The first-order chi connectivity index (χ1) is 10.7. The molecule has 0 saturated carbocycles. The van der Waals surface area contributed by atoms with Crippen molar-refractivity contribution in [3.05, 3.63) is 71.6 Å². The van der Waals surface area contributed by atoms with Crippen LogP contribution in [-0.2, 0) is 0 Å². The van der Waals surface area contributed by atoms with Gasteiger partial charge in [-0.3, -0.25) is 0 Å². The molecule has 0 aliphatic heterocycles. The fraction of sp³-hybridized carbons (Fsp3) is 0.0556. The summed E-state index contributed by atoms with van der Waals surface area (Å²) >= 11 is 0. The van der Waals surface area contributed by atoms with E-state index in [2.05, 4.69) is 5.16 Å². The second-order valence-corrected chi connectivity index (χ2v) is 4.86. The molecule has 0 saturated heterocycles. The Morgan fingerprint density at radius 3 is 2.50 bits per heavy atom. The van der Waals surface area contributed by atoms with E-state index in [-0.39, 0.29) is 0 Å². The van der Waals surface area contributed by atoms with Gasteiger partial charge in [0.1, 0.15) is 22.9 Å². The summed E-state index contributed by atoms with van der Waals surface area (Å²) in [6.45, 7) is 1.79. The molecule has 2 aromatic carbocycles. The molecule has 22 heavy (non-hydrogen) atoms. The van der Waals surface area contributed by atoms with Crippen LogP contribution in [0.15, 0.2) is 59.1 Å². The van der Waals surface area contributed by atoms with Crippen LogP contribution >= 0.6 is 0 Å². The van der Waals surface area contributed by atoms with Crippen molar-refractivity contribution in [2.45, 2.75) is 6.92 Å². The molecule has 0 aliphatic carbocycles. The molecular formula is C18H16N2O2. The minimum absolute atomic E-state index is 0.563. The Kier molecular flexibility index (Phi) is 3.92. The van der Waals surface area contributed by atoms with Gasteiger partial charge in [-0.2, -0.15) is 0 Å². The maximum atomic E-state index is 5.87. The highest BCUT2D eigenvalue weighted by atomic mass is 16.5. The van der Waals surface area contributed by atoms with Crippen molar-refractivity contribution in [2.24, 2.45) is 0 Å². The number of benzene rings is 2. The fourth-order valence-electron chi connectivity index (χ4n) is 2.00. The lowest BCUT2D eigenvalue weighted by Gasteiger charge is -2.05. The van der Waals surface area contributed by atoms with Gasteiger partial charge < -0.3 is 15.0 Å². The predicted molar refractivity (Wildman–Crippen MR) is 87.5 cm³/mol. The minimum atomic E-state index is 0.563. The number of para-hydroxylation sites is 1. The zero-order chi connectivity index (χ0) is 15.4. The molecule has 4 heteroatoms. The van der Waals surface area contributed by atoms with E-state index < -0.39 is 0 Å². The minimum Gasteiger partial charge on any atom is -0.457 e. The Hall–Kier alpha value is -3.01. The maximum Gasteiger partial charge on any atom is 0.157 e. The normalized spacial score (nSPS) is 11.0. The van der Waals surface area contributed by atoms with Crippen LogP contribution in [0.25, 0.3) is 12.2 Å². The van der Waals surface area contributed by atoms with Crippen molar-refractivity contribution in [3.63, 3.8) is 0 Å². The first-order valence-corrected chi connectivity index (χ1v) is 6.95. The van der Waals surface area contributed by atoms with Crippen LogP contribution in [0.2, 0.25) is 0 Å². The lowest BCUT2D eigenvalue weighted by atomic mass is 10.2. The van der Waals surface area contributed by atoms with Crippen molar-refractivity contribution in [2.75, 3.05) is 5.73 Å². The van der Waals surface area contributed by atoms with Gasteiger partial charge in [0.05, 0.1) is 0 Å². The summed E-state index contributed by atoms with van der Waals surface area (Å²) in [4.78, 5) is 0. The number of rotatable bonds is 4. The standard InChI is InChI=1S/C18H16N2O2/c1-13-18(19)17(20-22-13)11-10-14-6-5-9-16(12-14)21-15-7-3-2-4-8-15/h2-12H,19H2,1H3/b11-10+. The van der Waals surface area contributed by atoms with Crippen LogP contribution in [0.1, 0.15) is 17.0 Å². The summed E-state index contributed by atoms with van der Waals surface area (Å²) in [6.07, 6.45) is 3.75. The largest absolute Gasteiger partial charge is 0.457 e. The summed E-state index contributed by atoms with van der Waals surface area (Å²) in [5, 5.41) is 3.90. The van der Waals surface area contributed by atoms with Crippen LogP contribution in [0.3, 0.4) is 0 Å². The molecule has 110 valence electrons. The van der Waals surface area contributed by atoms with E-state index in [0.717, 1.165) is 17.1 Å². The smallest absolute Gasteiger partial charge is 0.157 e. The van der Waals surface area contributed by atoms with Crippen molar-refractivity contribution in [1.29, 1.82) is 0 Å². The van der Waals surface area contributed by atoms with Gasteiger partial charge in [-0.05, 0) is 42.8 Å². The van der Waals surface area contributed by atoms with Gasteiger partial charge in [0.2, 0.25) is 0 Å². The van der Waals surface area contributed by atoms with Gasteiger partial charge in [-0.25, -0.2) is 0 Å². The molecule has 0 bridgehead atoms. The molecule has 3 rings (SSSR count). The Morgan fingerprint density at radius 2 is 1.77 bits per heavy atom. The number of aromatic nitrogens is 1. The fourth-order valence-corrected chi connectivity index (χ4v) is 2.00. The predicted octanol–water partition coefficient (Wildman–Crippen LogP) is 4.53. The Bertz CT molecular complexity index is 792. The van der Waals surface area contributed by atoms with E-state index in [0.29, 0.717) is 17.1 Å². The quantitative estimate of drug-likeness (QED) is 0.767. The maximum absolute atomic E-state index is 5.87. The van der Waals surface area contributed by atoms with Gasteiger partial charge in [0.25, 0.3) is 0 Å². The molecule has 0 radical (unpaired) electrons. The molecule has 3 aromatic rings. The van der Waals surface area contributed by atoms with Crippen molar-refractivity contribution in [3.8, 4) is 11.5 Å². The third-order valence-electron chi connectivity index (χ3n) is 3.21. The second-order valence-electron chi connectivity index (χ2n) is 4.86. The Balaban J connectivity index is 1.78. The molecule has 0 aliphatic rings. The Labute approximate surface area is 128 Å². The van der Waals surface area contributed by atoms with Crippen LogP contribution in [-0.4, -0.2) is 5.16 Å². The van der Waals surface area contributed by atoms with Gasteiger partial charge in [-0.1, -0.05) is 41.6 Å². The SMILES string of the molecule is Cc1onc(/C=C/c2cccc(Oc3ccccc3)c2)c1N. The number of nitrogens with two attached hydrogens (primary N) is 1. The van der Waals surface area contributed by atoms with Crippen LogP contribution in [0.5, 0.6) is 11.5 Å². The van der Waals surface area contributed by atoms with Crippen molar-refractivity contribution in [1.82, 2.24) is 5.16 Å². The summed E-state index contributed by atoms with van der Waals surface area (Å²) in [5.41, 5.74) is 8.05. The highest BCUT2D eigenvalue weighted by Gasteiger charge is 2.05. The van der Waals surface area contributed by atoms with E-state index in [9.17, 15) is 0 Å².